The second kappa shape index (κ2) is 12.5. The molecule has 0 aromatic heterocycles. The largest absolute Gasteiger partial charge is 0.481 e. The predicted molar refractivity (Wildman–Crippen MR) is 94.0 cm³/mol. The molecule has 0 saturated heterocycles. The number of allylic oxidation sites excluding steroid dienone is 4. The van der Waals surface area contributed by atoms with Crippen LogP contribution in [0.1, 0.15) is 84.0 Å². The molecule has 0 unspecified atom stereocenters. The summed E-state index contributed by atoms with van der Waals surface area (Å²) in [5.74, 6) is 1.02. The van der Waals surface area contributed by atoms with Gasteiger partial charge < -0.3 is 5.11 Å². The lowest BCUT2D eigenvalue weighted by atomic mass is 9.90. The first-order valence-corrected chi connectivity index (χ1v) is 9.27. The average molecular weight is 306 g/mol. The van der Waals surface area contributed by atoms with Gasteiger partial charge in [-0.15, -0.1) is 0 Å². The Morgan fingerprint density at radius 2 is 1.82 bits per heavy atom. The highest BCUT2D eigenvalue weighted by atomic mass is 16.4. The summed E-state index contributed by atoms with van der Waals surface area (Å²) >= 11 is 0. The molecule has 1 saturated carbocycles. The fourth-order valence-corrected chi connectivity index (χ4v) is 3.46. The first-order valence-electron chi connectivity index (χ1n) is 9.27. The summed E-state index contributed by atoms with van der Waals surface area (Å²) in [5.41, 5.74) is 0. The third-order valence-electron chi connectivity index (χ3n) is 4.72. The minimum atomic E-state index is -0.658. The van der Waals surface area contributed by atoms with E-state index in [1.54, 1.807) is 0 Å². The number of rotatable bonds is 12. The van der Waals surface area contributed by atoms with Gasteiger partial charge in [-0.25, -0.2) is 0 Å². The Kier molecular flexibility index (Phi) is 10.8. The quantitative estimate of drug-likeness (QED) is 0.348. The first kappa shape index (κ1) is 19.0. The van der Waals surface area contributed by atoms with E-state index in [0.717, 1.165) is 31.1 Å². The lowest BCUT2D eigenvalue weighted by Crippen LogP contribution is -2.05. The minimum absolute atomic E-state index is 0.335. The van der Waals surface area contributed by atoms with E-state index < -0.39 is 5.97 Å². The molecule has 1 rings (SSSR count). The lowest BCUT2D eigenvalue weighted by molar-refractivity contribution is -0.137. The SMILES string of the molecule is CCC=CCCC=C[C@H]1CCC[C@@H]1CCCCCCC(=O)O. The van der Waals surface area contributed by atoms with Crippen LogP contribution in [0.5, 0.6) is 0 Å². The van der Waals surface area contributed by atoms with Crippen LogP contribution in [0.15, 0.2) is 24.3 Å². The van der Waals surface area contributed by atoms with E-state index in [9.17, 15) is 4.79 Å². The summed E-state index contributed by atoms with van der Waals surface area (Å²) in [4.78, 5) is 10.5. The van der Waals surface area contributed by atoms with Crippen molar-refractivity contribution < 1.29 is 9.90 Å². The van der Waals surface area contributed by atoms with E-state index in [0.29, 0.717) is 6.42 Å². The van der Waals surface area contributed by atoms with Crippen molar-refractivity contribution >= 4 is 5.97 Å². The molecule has 2 heteroatoms. The molecular formula is C20H34O2. The van der Waals surface area contributed by atoms with Crippen LogP contribution < -0.4 is 0 Å². The van der Waals surface area contributed by atoms with Crippen LogP contribution in [-0.2, 0) is 4.79 Å². The average Bonchev–Trinajstić information content (AvgIpc) is 2.93. The Bertz CT molecular complexity index is 344. The van der Waals surface area contributed by atoms with Crippen LogP contribution in [-0.4, -0.2) is 11.1 Å². The third-order valence-corrected chi connectivity index (χ3v) is 4.72. The lowest BCUT2D eigenvalue weighted by Gasteiger charge is -2.16. The van der Waals surface area contributed by atoms with Gasteiger partial charge in [0.1, 0.15) is 0 Å². The Hall–Kier alpha value is -1.05. The molecule has 0 radical (unpaired) electrons. The Balaban J connectivity index is 2.10. The Morgan fingerprint density at radius 1 is 1.05 bits per heavy atom. The maximum absolute atomic E-state index is 10.5. The van der Waals surface area contributed by atoms with Gasteiger partial charge in [0.15, 0.2) is 0 Å². The Labute approximate surface area is 136 Å². The van der Waals surface area contributed by atoms with Crippen LogP contribution in [0, 0.1) is 11.8 Å². The number of hydrogen-bond donors (Lipinski definition) is 1. The molecule has 2 nitrogen and oxygen atoms in total. The van der Waals surface area contributed by atoms with Gasteiger partial charge in [-0.2, -0.15) is 0 Å². The molecule has 0 amide bonds. The van der Waals surface area contributed by atoms with E-state index >= 15 is 0 Å². The smallest absolute Gasteiger partial charge is 0.303 e. The number of carboxylic acids is 1. The molecule has 0 aliphatic heterocycles. The monoisotopic (exact) mass is 306 g/mol. The molecule has 1 fully saturated rings. The van der Waals surface area contributed by atoms with Gasteiger partial charge in [0.05, 0.1) is 0 Å². The fraction of sp³-hybridized carbons (Fsp3) is 0.750. The van der Waals surface area contributed by atoms with Crippen molar-refractivity contribution in [3.63, 3.8) is 0 Å². The summed E-state index contributed by atoms with van der Waals surface area (Å²) in [5, 5.41) is 8.62. The van der Waals surface area contributed by atoms with Crippen molar-refractivity contribution in [3.8, 4) is 0 Å². The molecule has 22 heavy (non-hydrogen) atoms. The zero-order valence-corrected chi connectivity index (χ0v) is 14.3. The van der Waals surface area contributed by atoms with Gasteiger partial charge in [0.2, 0.25) is 0 Å². The molecule has 0 spiro atoms. The third kappa shape index (κ3) is 9.07. The zero-order chi connectivity index (χ0) is 16.0. The topological polar surface area (TPSA) is 37.3 Å². The molecule has 0 aromatic rings. The number of unbranched alkanes of at least 4 members (excludes halogenated alkanes) is 4. The van der Waals surface area contributed by atoms with Gasteiger partial charge in [0.25, 0.3) is 0 Å². The van der Waals surface area contributed by atoms with Gasteiger partial charge in [0, 0.05) is 6.42 Å². The van der Waals surface area contributed by atoms with Crippen molar-refractivity contribution in [3.05, 3.63) is 24.3 Å². The highest BCUT2D eigenvalue weighted by molar-refractivity contribution is 5.66. The van der Waals surface area contributed by atoms with Crippen molar-refractivity contribution in [1.29, 1.82) is 0 Å². The van der Waals surface area contributed by atoms with Crippen molar-refractivity contribution in [2.75, 3.05) is 0 Å². The molecule has 2 atom stereocenters. The number of hydrogen-bond acceptors (Lipinski definition) is 1. The molecule has 0 aromatic carbocycles. The molecule has 1 N–H and O–H groups in total. The summed E-state index contributed by atoms with van der Waals surface area (Å²) in [6, 6.07) is 0. The molecule has 126 valence electrons. The van der Waals surface area contributed by atoms with Gasteiger partial charge in [-0.05, 0) is 56.8 Å². The second-order valence-electron chi connectivity index (χ2n) is 6.59. The maximum atomic E-state index is 10.5. The van der Waals surface area contributed by atoms with Crippen molar-refractivity contribution in [1.82, 2.24) is 0 Å². The highest BCUT2D eigenvalue weighted by Gasteiger charge is 2.24. The zero-order valence-electron chi connectivity index (χ0n) is 14.3. The number of carbonyl (C=O) groups is 1. The van der Waals surface area contributed by atoms with Crippen LogP contribution in [0.2, 0.25) is 0 Å². The fourth-order valence-electron chi connectivity index (χ4n) is 3.46. The normalized spacial score (nSPS) is 22.0. The van der Waals surface area contributed by atoms with Crippen LogP contribution in [0.3, 0.4) is 0 Å². The van der Waals surface area contributed by atoms with Gasteiger partial charge in [-0.1, -0.05) is 56.9 Å². The molecule has 0 bridgehead atoms. The van der Waals surface area contributed by atoms with Crippen molar-refractivity contribution in [2.45, 2.75) is 84.0 Å². The number of aliphatic carboxylic acids is 1. The second-order valence-corrected chi connectivity index (χ2v) is 6.59. The van der Waals surface area contributed by atoms with Crippen LogP contribution in [0.4, 0.5) is 0 Å². The highest BCUT2D eigenvalue weighted by Crippen LogP contribution is 2.36. The summed E-state index contributed by atoms with van der Waals surface area (Å²) in [6.45, 7) is 2.18. The van der Waals surface area contributed by atoms with Crippen molar-refractivity contribution in [2.24, 2.45) is 11.8 Å². The molecule has 1 aliphatic rings. The minimum Gasteiger partial charge on any atom is -0.481 e. The molecular weight excluding hydrogens is 272 g/mol. The van der Waals surface area contributed by atoms with Gasteiger partial charge >= 0.3 is 5.97 Å². The van der Waals surface area contributed by atoms with E-state index in [1.165, 1.54) is 51.4 Å². The van der Waals surface area contributed by atoms with E-state index in [1.807, 2.05) is 0 Å². The van der Waals surface area contributed by atoms with Gasteiger partial charge in [-0.3, -0.25) is 4.79 Å². The summed E-state index contributed by atoms with van der Waals surface area (Å²) in [7, 11) is 0. The maximum Gasteiger partial charge on any atom is 0.303 e. The predicted octanol–water partition coefficient (Wildman–Crippen LogP) is 6.13. The van der Waals surface area contributed by atoms with E-state index in [4.69, 9.17) is 5.11 Å². The standard InChI is InChI=1S/C20H34O2/c1-2-3-4-5-6-9-13-18-15-12-16-19(18)14-10-7-8-11-17-20(21)22/h3-4,9,13,18-19H,2,5-8,10-12,14-17H2,1H3,(H,21,22)/t18-,19-/m0/s1. The Morgan fingerprint density at radius 3 is 2.59 bits per heavy atom. The van der Waals surface area contributed by atoms with E-state index in [-0.39, 0.29) is 0 Å². The first-order chi connectivity index (χ1) is 10.7. The summed E-state index contributed by atoms with van der Waals surface area (Å²) < 4.78 is 0. The van der Waals surface area contributed by atoms with Crippen LogP contribution in [0.25, 0.3) is 0 Å². The summed E-state index contributed by atoms with van der Waals surface area (Å²) in [6.07, 6.45) is 23.1. The van der Waals surface area contributed by atoms with E-state index in [2.05, 4.69) is 31.2 Å². The molecule has 1 aliphatic carbocycles. The molecule has 0 heterocycles. The van der Waals surface area contributed by atoms with Crippen LogP contribution >= 0.6 is 0 Å². The number of carboxylic acid groups (broad SMARTS) is 1.